The van der Waals surface area contributed by atoms with Crippen LogP contribution in [0.3, 0.4) is 0 Å². The van der Waals surface area contributed by atoms with Gasteiger partial charge in [-0.15, -0.1) is 0 Å². The van der Waals surface area contributed by atoms with Crippen molar-refractivity contribution in [3.05, 3.63) is 87.6 Å². The number of benzene rings is 2. The van der Waals surface area contributed by atoms with Gasteiger partial charge in [-0.3, -0.25) is 0 Å². The van der Waals surface area contributed by atoms with Crippen molar-refractivity contribution in [1.82, 2.24) is 4.57 Å². The standard InChI is InChI=1S/C25H20F6N2O2S/c1-15(2)23-12-17(16(3)33(23)22-10-5-4-9-21(22)25(29,30)31)11-20(14-32)36(34,35)19-8-6-7-18(13-19)24(26,27)28/h4-13,15H,1-3H3/b20-11+. The number of aromatic nitrogens is 1. The van der Waals surface area contributed by atoms with E-state index in [1.165, 1.54) is 41.8 Å². The number of nitrogens with zero attached hydrogens (tertiary/aromatic N) is 2. The maximum atomic E-state index is 13.7. The topological polar surface area (TPSA) is 62.9 Å². The minimum Gasteiger partial charge on any atom is -0.317 e. The van der Waals surface area contributed by atoms with E-state index in [1.807, 2.05) is 0 Å². The highest BCUT2D eigenvalue weighted by Crippen LogP contribution is 2.38. The summed E-state index contributed by atoms with van der Waals surface area (Å²) < 4.78 is 108. The largest absolute Gasteiger partial charge is 0.418 e. The fraction of sp³-hybridized carbons (Fsp3) is 0.240. The molecule has 1 aromatic heterocycles. The molecule has 0 aliphatic rings. The Morgan fingerprint density at radius 2 is 1.61 bits per heavy atom. The van der Waals surface area contributed by atoms with Crippen LogP contribution >= 0.6 is 0 Å². The predicted molar refractivity (Wildman–Crippen MR) is 122 cm³/mol. The van der Waals surface area contributed by atoms with Gasteiger partial charge in [0.2, 0.25) is 9.84 Å². The van der Waals surface area contributed by atoms with E-state index in [1.54, 1.807) is 13.8 Å². The normalized spacial score (nSPS) is 13.2. The first-order valence-electron chi connectivity index (χ1n) is 10.5. The molecule has 0 bridgehead atoms. The molecule has 190 valence electrons. The molecule has 0 unspecified atom stereocenters. The third-order valence-electron chi connectivity index (χ3n) is 5.51. The second-order valence-corrected chi connectivity index (χ2v) is 10.2. The molecule has 36 heavy (non-hydrogen) atoms. The Kier molecular flexibility index (Phi) is 7.15. The van der Waals surface area contributed by atoms with Crippen molar-refractivity contribution in [2.75, 3.05) is 0 Å². The molecule has 1 heterocycles. The van der Waals surface area contributed by atoms with Gasteiger partial charge in [0.15, 0.2) is 0 Å². The lowest BCUT2D eigenvalue weighted by Gasteiger charge is -2.19. The third-order valence-corrected chi connectivity index (χ3v) is 7.18. The highest BCUT2D eigenvalue weighted by molar-refractivity contribution is 7.95. The number of alkyl halides is 6. The fourth-order valence-electron chi connectivity index (χ4n) is 3.73. The number of rotatable bonds is 5. The average molecular weight is 527 g/mol. The minimum absolute atomic E-state index is 0.141. The molecule has 4 nitrogen and oxygen atoms in total. The van der Waals surface area contributed by atoms with Crippen LogP contribution < -0.4 is 0 Å². The van der Waals surface area contributed by atoms with Gasteiger partial charge in [0, 0.05) is 11.4 Å². The molecule has 11 heteroatoms. The molecule has 0 saturated heterocycles. The molecule has 0 atom stereocenters. The Morgan fingerprint density at radius 1 is 0.972 bits per heavy atom. The van der Waals surface area contributed by atoms with Crippen LogP contribution in [0.25, 0.3) is 11.8 Å². The molecule has 0 spiro atoms. The van der Waals surface area contributed by atoms with Gasteiger partial charge in [-0.05, 0) is 60.9 Å². The summed E-state index contributed by atoms with van der Waals surface area (Å²) >= 11 is 0. The van der Waals surface area contributed by atoms with Crippen LogP contribution in [-0.4, -0.2) is 13.0 Å². The molecule has 3 aromatic rings. The van der Waals surface area contributed by atoms with Crippen LogP contribution in [0.5, 0.6) is 0 Å². The highest BCUT2D eigenvalue weighted by Gasteiger charge is 2.35. The summed E-state index contributed by atoms with van der Waals surface area (Å²) in [5, 5.41) is 9.58. The highest BCUT2D eigenvalue weighted by atomic mass is 32.2. The van der Waals surface area contributed by atoms with E-state index in [2.05, 4.69) is 0 Å². The van der Waals surface area contributed by atoms with E-state index in [4.69, 9.17) is 0 Å². The third kappa shape index (κ3) is 5.18. The Bertz CT molecular complexity index is 1470. The molecule has 0 saturated carbocycles. The zero-order valence-electron chi connectivity index (χ0n) is 19.2. The Balaban J connectivity index is 2.23. The van der Waals surface area contributed by atoms with Crippen LogP contribution in [0, 0.1) is 18.3 Å². The summed E-state index contributed by atoms with van der Waals surface area (Å²) in [5.41, 5.74) is -1.49. The molecule has 0 aliphatic heterocycles. The molecular formula is C25H20F6N2O2S. The van der Waals surface area contributed by atoms with Gasteiger partial charge >= 0.3 is 12.4 Å². The van der Waals surface area contributed by atoms with Gasteiger partial charge in [-0.25, -0.2) is 8.42 Å². The summed E-state index contributed by atoms with van der Waals surface area (Å²) in [6, 6.07) is 10.8. The molecule has 0 amide bonds. The van der Waals surface area contributed by atoms with Crippen LogP contribution in [-0.2, 0) is 22.2 Å². The first kappa shape index (κ1) is 27.1. The average Bonchev–Trinajstić information content (AvgIpc) is 3.12. The van der Waals surface area contributed by atoms with E-state index in [0.717, 1.165) is 24.3 Å². The number of hydrogen-bond donors (Lipinski definition) is 0. The van der Waals surface area contributed by atoms with Crippen molar-refractivity contribution in [2.24, 2.45) is 0 Å². The number of sulfone groups is 1. The van der Waals surface area contributed by atoms with E-state index >= 15 is 0 Å². The van der Waals surface area contributed by atoms with Gasteiger partial charge < -0.3 is 4.57 Å². The number of halogens is 6. The summed E-state index contributed by atoms with van der Waals surface area (Å²) in [6.07, 6.45) is -8.50. The number of para-hydroxylation sites is 1. The van der Waals surface area contributed by atoms with Crippen molar-refractivity contribution in [1.29, 1.82) is 5.26 Å². The predicted octanol–water partition coefficient (Wildman–Crippen LogP) is 7.29. The van der Waals surface area contributed by atoms with Crippen LogP contribution in [0.15, 0.2) is 64.4 Å². The number of allylic oxidation sites excluding steroid dienone is 1. The number of nitriles is 1. The molecule has 2 aromatic carbocycles. The van der Waals surface area contributed by atoms with E-state index in [9.17, 15) is 40.0 Å². The van der Waals surface area contributed by atoms with Gasteiger partial charge in [0.25, 0.3) is 0 Å². The van der Waals surface area contributed by atoms with Gasteiger partial charge in [0.05, 0.1) is 21.7 Å². The molecule has 0 N–H and O–H groups in total. The monoisotopic (exact) mass is 526 g/mol. The zero-order valence-corrected chi connectivity index (χ0v) is 20.1. The quantitative estimate of drug-likeness (QED) is 0.259. The summed E-state index contributed by atoms with van der Waals surface area (Å²) in [6.45, 7) is 4.94. The maximum Gasteiger partial charge on any atom is 0.418 e. The molecule has 0 fully saturated rings. The van der Waals surface area contributed by atoms with Crippen molar-refractivity contribution < 1.29 is 34.8 Å². The lowest BCUT2D eigenvalue weighted by Crippen LogP contribution is -2.13. The Morgan fingerprint density at radius 3 is 2.17 bits per heavy atom. The van der Waals surface area contributed by atoms with Gasteiger partial charge in [-0.2, -0.15) is 31.6 Å². The zero-order chi connectivity index (χ0) is 27.1. The SMILES string of the molecule is Cc1c(/C=C(\C#N)S(=O)(=O)c2cccc(C(F)(F)F)c2)cc(C(C)C)n1-c1ccccc1C(F)(F)F. The van der Waals surface area contributed by atoms with Crippen molar-refractivity contribution >= 4 is 15.9 Å². The second-order valence-electron chi connectivity index (χ2n) is 8.26. The first-order chi connectivity index (χ1) is 16.6. The van der Waals surface area contributed by atoms with Crippen LogP contribution in [0.4, 0.5) is 26.3 Å². The summed E-state index contributed by atoms with van der Waals surface area (Å²) in [4.78, 5) is -1.57. The molecular weight excluding hydrogens is 506 g/mol. The van der Waals surface area contributed by atoms with E-state index in [0.29, 0.717) is 17.8 Å². The number of hydrogen-bond acceptors (Lipinski definition) is 3. The summed E-state index contributed by atoms with van der Waals surface area (Å²) in [5.74, 6) is -0.294. The fourth-order valence-corrected chi connectivity index (χ4v) is 4.92. The van der Waals surface area contributed by atoms with Crippen molar-refractivity contribution in [3.63, 3.8) is 0 Å². The maximum absolute atomic E-state index is 13.7. The lowest BCUT2D eigenvalue weighted by atomic mass is 10.1. The van der Waals surface area contributed by atoms with Gasteiger partial charge in [-0.1, -0.05) is 32.0 Å². The van der Waals surface area contributed by atoms with E-state index < -0.39 is 43.1 Å². The Hall–Kier alpha value is -3.52. The minimum atomic E-state index is -4.80. The van der Waals surface area contributed by atoms with E-state index in [-0.39, 0.29) is 22.9 Å². The smallest absolute Gasteiger partial charge is 0.317 e. The molecule has 3 rings (SSSR count). The second kappa shape index (κ2) is 9.50. The first-order valence-corrected chi connectivity index (χ1v) is 12.0. The van der Waals surface area contributed by atoms with Crippen molar-refractivity contribution in [2.45, 2.75) is 43.9 Å². The van der Waals surface area contributed by atoms with Crippen LogP contribution in [0.2, 0.25) is 0 Å². The Labute approximate surface area is 204 Å². The van der Waals surface area contributed by atoms with Crippen molar-refractivity contribution in [3.8, 4) is 11.8 Å². The molecule has 0 radical (unpaired) electrons. The molecule has 0 aliphatic carbocycles. The van der Waals surface area contributed by atoms with Crippen LogP contribution in [0.1, 0.15) is 47.8 Å². The lowest BCUT2D eigenvalue weighted by molar-refractivity contribution is -0.138. The van der Waals surface area contributed by atoms with Gasteiger partial charge in [0.1, 0.15) is 11.0 Å². The summed E-state index contributed by atoms with van der Waals surface area (Å²) in [7, 11) is -4.66.